The van der Waals surface area contributed by atoms with Crippen molar-refractivity contribution >= 4 is 34.9 Å². The zero-order valence-corrected chi connectivity index (χ0v) is 19.2. The van der Waals surface area contributed by atoms with E-state index in [1.165, 1.54) is 10.7 Å². The highest BCUT2D eigenvalue weighted by atomic mass is 35.5. The molecule has 0 bridgehead atoms. The molecule has 3 aromatic carbocycles. The molecule has 0 spiro atoms. The lowest BCUT2D eigenvalue weighted by Gasteiger charge is -2.10. The molecule has 0 saturated carbocycles. The normalized spacial score (nSPS) is 10.8. The molecule has 0 aliphatic rings. The average molecular weight is 484 g/mol. The molecule has 5 nitrogen and oxygen atoms in total. The van der Waals surface area contributed by atoms with E-state index >= 15 is 0 Å². The van der Waals surface area contributed by atoms with Crippen LogP contribution in [0.1, 0.15) is 27.0 Å². The summed E-state index contributed by atoms with van der Waals surface area (Å²) in [6.07, 6.45) is 1.54. The van der Waals surface area contributed by atoms with Gasteiger partial charge in [0.2, 0.25) is 0 Å². The highest BCUT2D eigenvalue weighted by molar-refractivity contribution is 6.33. The van der Waals surface area contributed by atoms with Gasteiger partial charge < -0.3 is 10.1 Å². The van der Waals surface area contributed by atoms with Gasteiger partial charge in [-0.2, -0.15) is 5.10 Å². The number of aryl methyl sites for hydroxylation is 1. The van der Waals surface area contributed by atoms with E-state index in [0.29, 0.717) is 21.9 Å². The van der Waals surface area contributed by atoms with Gasteiger partial charge in [0.1, 0.15) is 23.2 Å². The van der Waals surface area contributed by atoms with E-state index in [0.717, 1.165) is 11.1 Å². The summed E-state index contributed by atoms with van der Waals surface area (Å²) in [6.45, 7) is 2.40. The van der Waals surface area contributed by atoms with Crippen LogP contribution in [-0.2, 0) is 13.2 Å². The van der Waals surface area contributed by atoms with Gasteiger partial charge >= 0.3 is 0 Å². The number of aromatic nitrogens is 2. The average Bonchev–Trinajstić information content (AvgIpc) is 3.14. The van der Waals surface area contributed by atoms with Crippen molar-refractivity contribution < 1.29 is 13.9 Å². The van der Waals surface area contributed by atoms with Crippen LogP contribution in [0.15, 0.2) is 72.9 Å². The van der Waals surface area contributed by atoms with Gasteiger partial charge in [-0.05, 0) is 48.4 Å². The lowest BCUT2D eigenvalue weighted by atomic mass is 10.1. The SMILES string of the molecule is Cc1ccc(Cl)c(OCc2cccc(C(=O)Nc3nn(Cc4ccccc4F)cc3Cl)c2)c1. The Labute approximate surface area is 200 Å². The number of anilines is 1. The lowest BCUT2D eigenvalue weighted by molar-refractivity contribution is 0.102. The van der Waals surface area contributed by atoms with Gasteiger partial charge in [-0.1, -0.05) is 59.6 Å². The minimum Gasteiger partial charge on any atom is -0.487 e. The predicted octanol–water partition coefficient (Wildman–Crippen LogP) is 6.52. The first kappa shape index (κ1) is 22.8. The maximum absolute atomic E-state index is 13.9. The molecule has 0 radical (unpaired) electrons. The Morgan fingerprint density at radius 1 is 1.06 bits per heavy atom. The number of nitrogens with zero attached hydrogens (tertiary/aromatic N) is 2. The second-order valence-electron chi connectivity index (χ2n) is 7.49. The van der Waals surface area contributed by atoms with E-state index in [1.54, 1.807) is 48.7 Å². The maximum Gasteiger partial charge on any atom is 0.256 e. The number of nitrogens with one attached hydrogen (secondary N) is 1. The Balaban J connectivity index is 1.43. The Bertz CT molecular complexity index is 1310. The van der Waals surface area contributed by atoms with Gasteiger partial charge in [0, 0.05) is 17.3 Å². The van der Waals surface area contributed by atoms with E-state index in [4.69, 9.17) is 27.9 Å². The molecule has 33 heavy (non-hydrogen) atoms. The largest absolute Gasteiger partial charge is 0.487 e. The van der Waals surface area contributed by atoms with Gasteiger partial charge in [-0.15, -0.1) is 0 Å². The van der Waals surface area contributed by atoms with Gasteiger partial charge in [0.05, 0.1) is 11.6 Å². The number of halogens is 3. The van der Waals surface area contributed by atoms with Crippen LogP contribution >= 0.6 is 23.2 Å². The fourth-order valence-electron chi connectivity index (χ4n) is 3.23. The number of ether oxygens (including phenoxy) is 1. The Morgan fingerprint density at radius 3 is 2.70 bits per heavy atom. The van der Waals surface area contributed by atoms with Crippen molar-refractivity contribution in [3.05, 3.63) is 111 Å². The van der Waals surface area contributed by atoms with Gasteiger partial charge in [-0.3, -0.25) is 9.48 Å². The molecule has 0 aliphatic carbocycles. The molecular formula is C25H20Cl2FN3O2. The molecule has 1 N–H and O–H groups in total. The smallest absolute Gasteiger partial charge is 0.256 e. The first-order valence-electron chi connectivity index (χ1n) is 10.1. The van der Waals surface area contributed by atoms with Gasteiger partial charge in [0.15, 0.2) is 5.82 Å². The van der Waals surface area contributed by atoms with Crippen LogP contribution in [-0.4, -0.2) is 15.7 Å². The Morgan fingerprint density at radius 2 is 1.88 bits per heavy atom. The van der Waals surface area contributed by atoms with Crippen LogP contribution in [0.5, 0.6) is 5.75 Å². The first-order chi connectivity index (χ1) is 15.9. The van der Waals surface area contributed by atoms with E-state index < -0.39 is 0 Å². The maximum atomic E-state index is 13.9. The molecule has 4 rings (SSSR count). The van der Waals surface area contributed by atoms with Crippen molar-refractivity contribution in [2.24, 2.45) is 0 Å². The van der Waals surface area contributed by atoms with E-state index in [2.05, 4.69) is 10.4 Å². The monoisotopic (exact) mass is 483 g/mol. The molecular weight excluding hydrogens is 464 g/mol. The molecule has 1 aromatic heterocycles. The number of amides is 1. The third-order valence-electron chi connectivity index (χ3n) is 4.91. The summed E-state index contributed by atoms with van der Waals surface area (Å²) in [7, 11) is 0. The predicted molar refractivity (Wildman–Crippen MR) is 128 cm³/mol. The number of benzene rings is 3. The molecule has 8 heteroatoms. The van der Waals surface area contributed by atoms with Crippen LogP contribution in [0, 0.1) is 12.7 Å². The molecule has 0 aliphatic heterocycles. The summed E-state index contributed by atoms with van der Waals surface area (Å²) in [5, 5.41) is 7.76. The van der Waals surface area contributed by atoms with Crippen molar-refractivity contribution in [2.45, 2.75) is 20.1 Å². The minimum absolute atomic E-state index is 0.191. The van der Waals surface area contributed by atoms with Crippen LogP contribution in [0.3, 0.4) is 0 Å². The van der Waals surface area contributed by atoms with Gasteiger partial charge in [0.25, 0.3) is 5.91 Å². The minimum atomic E-state index is -0.372. The second-order valence-corrected chi connectivity index (χ2v) is 8.31. The van der Waals surface area contributed by atoms with Crippen molar-refractivity contribution in [1.82, 2.24) is 9.78 Å². The molecule has 168 valence electrons. The lowest BCUT2D eigenvalue weighted by Crippen LogP contribution is -2.13. The fourth-order valence-corrected chi connectivity index (χ4v) is 3.60. The van der Waals surface area contributed by atoms with E-state index in [1.807, 2.05) is 25.1 Å². The van der Waals surface area contributed by atoms with Crippen LogP contribution in [0.2, 0.25) is 10.0 Å². The Kier molecular flexibility index (Phi) is 6.96. The zero-order valence-electron chi connectivity index (χ0n) is 17.7. The Hall–Kier alpha value is -3.35. The van der Waals surface area contributed by atoms with E-state index in [9.17, 15) is 9.18 Å². The first-order valence-corrected chi connectivity index (χ1v) is 10.9. The van der Waals surface area contributed by atoms with Crippen LogP contribution in [0.25, 0.3) is 0 Å². The number of carbonyl (C=O) groups is 1. The fraction of sp³-hybridized carbons (Fsp3) is 0.120. The number of carbonyl (C=O) groups excluding carboxylic acids is 1. The summed E-state index contributed by atoms with van der Waals surface area (Å²) < 4.78 is 21.2. The zero-order chi connectivity index (χ0) is 23.4. The summed E-state index contributed by atoms with van der Waals surface area (Å²) in [5.74, 6) is 0.0778. The molecule has 1 heterocycles. The van der Waals surface area contributed by atoms with Crippen LogP contribution in [0.4, 0.5) is 10.2 Å². The standard InChI is InChI=1S/C25H20Cl2FN3O2/c1-16-9-10-20(26)23(11-16)33-15-17-5-4-7-18(12-17)25(32)29-24-21(27)14-31(30-24)13-19-6-2-3-8-22(19)28/h2-12,14H,13,15H2,1H3,(H,29,30,32). The molecule has 0 saturated heterocycles. The van der Waals surface area contributed by atoms with E-state index in [-0.39, 0.29) is 35.7 Å². The molecule has 0 atom stereocenters. The molecule has 0 fully saturated rings. The van der Waals surface area contributed by atoms with Crippen molar-refractivity contribution in [3.63, 3.8) is 0 Å². The number of hydrogen-bond donors (Lipinski definition) is 1. The summed E-state index contributed by atoms with van der Waals surface area (Å²) in [5.41, 5.74) is 2.73. The molecule has 0 unspecified atom stereocenters. The second kappa shape index (κ2) is 10.1. The van der Waals surface area contributed by atoms with Gasteiger partial charge in [-0.25, -0.2) is 4.39 Å². The number of rotatable bonds is 7. The molecule has 4 aromatic rings. The molecule has 1 amide bonds. The summed E-state index contributed by atoms with van der Waals surface area (Å²) in [6, 6.07) is 19.0. The summed E-state index contributed by atoms with van der Waals surface area (Å²) >= 11 is 12.4. The van der Waals surface area contributed by atoms with Crippen molar-refractivity contribution in [3.8, 4) is 5.75 Å². The number of hydrogen-bond acceptors (Lipinski definition) is 3. The van der Waals surface area contributed by atoms with Crippen molar-refractivity contribution in [2.75, 3.05) is 5.32 Å². The van der Waals surface area contributed by atoms with Crippen molar-refractivity contribution in [1.29, 1.82) is 0 Å². The quantitative estimate of drug-likeness (QED) is 0.325. The topological polar surface area (TPSA) is 56.1 Å². The third kappa shape index (κ3) is 5.72. The highest BCUT2D eigenvalue weighted by Crippen LogP contribution is 2.26. The van der Waals surface area contributed by atoms with Crippen LogP contribution < -0.4 is 10.1 Å². The third-order valence-corrected chi connectivity index (χ3v) is 5.50. The summed E-state index contributed by atoms with van der Waals surface area (Å²) in [4.78, 5) is 12.8. The highest BCUT2D eigenvalue weighted by Gasteiger charge is 2.14.